The van der Waals surface area contributed by atoms with Crippen LogP contribution >= 0.6 is 0 Å². The fourth-order valence-electron chi connectivity index (χ4n) is 1.22. The van der Waals surface area contributed by atoms with Gasteiger partial charge in [-0.2, -0.15) is 0 Å². The number of rotatable bonds is 5. The van der Waals surface area contributed by atoms with Crippen LogP contribution < -0.4 is 0 Å². The highest BCUT2D eigenvalue weighted by molar-refractivity contribution is 5.71. The smallest absolute Gasteiger partial charge is 0.326 e. The van der Waals surface area contributed by atoms with Crippen LogP contribution in [-0.2, 0) is 11.2 Å². The molecule has 1 aromatic heterocycles. The summed E-state index contributed by atoms with van der Waals surface area (Å²) in [6.07, 6.45) is 4.33. The predicted molar refractivity (Wildman–Crippen MR) is 51.0 cm³/mol. The summed E-state index contributed by atoms with van der Waals surface area (Å²) in [6, 6.07) is -0.586. The van der Waals surface area contributed by atoms with Gasteiger partial charge in [0, 0.05) is 6.42 Å². The Bertz CT molecular complexity index is 309. The molecule has 5 heteroatoms. The highest BCUT2D eigenvalue weighted by Gasteiger charge is 2.16. The van der Waals surface area contributed by atoms with E-state index in [9.17, 15) is 4.79 Å². The number of aromatic nitrogens is 3. The van der Waals surface area contributed by atoms with Gasteiger partial charge in [-0.1, -0.05) is 13.3 Å². The first-order valence-electron chi connectivity index (χ1n) is 4.78. The van der Waals surface area contributed by atoms with Gasteiger partial charge in [-0.3, -0.25) is 0 Å². The average molecular weight is 197 g/mol. The third-order valence-electron chi connectivity index (χ3n) is 2.18. The molecule has 0 spiro atoms. The first kappa shape index (κ1) is 10.7. The average Bonchev–Trinajstić information content (AvgIpc) is 2.61. The molecule has 0 aliphatic rings. The van der Waals surface area contributed by atoms with Crippen LogP contribution in [0.25, 0.3) is 0 Å². The molecule has 0 amide bonds. The first-order chi connectivity index (χ1) is 6.66. The van der Waals surface area contributed by atoms with Crippen molar-refractivity contribution in [3.05, 3.63) is 12.2 Å². The van der Waals surface area contributed by atoms with E-state index in [4.69, 9.17) is 5.11 Å². The molecule has 0 fully saturated rings. The van der Waals surface area contributed by atoms with Gasteiger partial charge in [-0.25, -0.2) is 4.79 Å². The molecule has 14 heavy (non-hydrogen) atoms. The van der Waals surface area contributed by atoms with Crippen molar-refractivity contribution in [1.82, 2.24) is 14.8 Å². The van der Waals surface area contributed by atoms with E-state index in [1.165, 1.54) is 6.33 Å². The zero-order valence-corrected chi connectivity index (χ0v) is 8.47. The van der Waals surface area contributed by atoms with Crippen molar-refractivity contribution in [2.24, 2.45) is 0 Å². The molecule has 1 rings (SSSR count). The second-order valence-corrected chi connectivity index (χ2v) is 3.27. The minimum atomic E-state index is -0.859. The minimum Gasteiger partial charge on any atom is -0.480 e. The number of carboxylic acids is 1. The van der Waals surface area contributed by atoms with Crippen molar-refractivity contribution in [2.45, 2.75) is 39.2 Å². The summed E-state index contributed by atoms with van der Waals surface area (Å²) in [5.41, 5.74) is 0. The predicted octanol–water partition coefficient (Wildman–Crippen LogP) is 1.27. The second-order valence-electron chi connectivity index (χ2n) is 3.27. The highest BCUT2D eigenvalue weighted by atomic mass is 16.4. The molecule has 0 bridgehead atoms. The van der Waals surface area contributed by atoms with Crippen LogP contribution in [-0.4, -0.2) is 25.8 Å². The molecule has 0 aliphatic heterocycles. The first-order valence-corrected chi connectivity index (χ1v) is 4.78. The summed E-state index contributed by atoms with van der Waals surface area (Å²) in [5, 5.41) is 16.5. The Labute approximate surface area is 82.8 Å². The Kier molecular flexibility index (Phi) is 3.62. The Hall–Kier alpha value is -1.39. The van der Waals surface area contributed by atoms with Gasteiger partial charge in [0.25, 0.3) is 0 Å². The zero-order chi connectivity index (χ0) is 10.6. The second kappa shape index (κ2) is 4.74. The van der Waals surface area contributed by atoms with Gasteiger partial charge in [0.2, 0.25) is 0 Å². The Morgan fingerprint density at radius 3 is 3.00 bits per heavy atom. The molecule has 0 aliphatic carbocycles. The van der Waals surface area contributed by atoms with E-state index in [0.717, 1.165) is 25.1 Å². The van der Waals surface area contributed by atoms with Crippen LogP contribution in [0.3, 0.4) is 0 Å². The SMILES string of the molecule is CCCCc1nncn1C(C)C(=O)O. The van der Waals surface area contributed by atoms with Crippen LogP contribution in [0.2, 0.25) is 0 Å². The topological polar surface area (TPSA) is 68.0 Å². The molecular weight excluding hydrogens is 182 g/mol. The molecule has 0 saturated carbocycles. The quantitative estimate of drug-likeness (QED) is 0.771. The summed E-state index contributed by atoms with van der Waals surface area (Å²) in [5.74, 6) is -0.107. The summed E-state index contributed by atoms with van der Waals surface area (Å²) in [4.78, 5) is 10.7. The normalized spacial score (nSPS) is 12.7. The van der Waals surface area contributed by atoms with Gasteiger partial charge in [0.15, 0.2) is 0 Å². The van der Waals surface area contributed by atoms with E-state index in [-0.39, 0.29) is 0 Å². The van der Waals surface area contributed by atoms with Gasteiger partial charge in [0.1, 0.15) is 18.2 Å². The van der Waals surface area contributed by atoms with E-state index in [2.05, 4.69) is 17.1 Å². The maximum atomic E-state index is 10.7. The van der Waals surface area contributed by atoms with Gasteiger partial charge < -0.3 is 9.67 Å². The standard InChI is InChI=1S/C9H15N3O2/c1-3-4-5-8-11-10-6-12(8)7(2)9(13)14/h6-7H,3-5H2,1-2H3,(H,13,14). The Balaban J connectivity index is 2.76. The van der Waals surface area contributed by atoms with Gasteiger partial charge >= 0.3 is 5.97 Å². The molecule has 1 aromatic rings. The van der Waals surface area contributed by atoms with E-state index >= 15 is 0 Å². The number of nitrogens with zero attached hydrogens (tertiary/aromatic N) is 3. The third-order valence-corrected chi connectivity index (χ3v) is 2.18. The zero-order valence-electron chi connectivity index (χ0n) is 8.47. The molecule has 0 aromatic carbocycles. The number of hydrogen-bond acceptors (Lipinski definition) is 3. The summed E-state index contributed by atoms with van der Waals surface area (Å²) >= 11 is 0. The highest BCUT2D eigenvalue weighted by Crippen LogP contribution is 2.10. The molecule has 0 radical (unpaired) electrons. The molecular formula is C9H15N3O2. The summed E-state index contributed by atoms with van der Waals surface area (Å²) in [7, 11) is 0. The van der Waals surface area contributed by atoms with Gasteiger partial charge in [-0.15, -0.1) is 10.2 Å². The fourth-order valence-corrected chi connectivity index (χ4v) is 1.22. The number of carbonyl (C=O) groups is 1. The van der Waals surface area contributed by atoms with Gasteiger partial charge in [-0.05, 0) is 13.3 Å². The van der Waals surface area contributed by atoms with Crippen molar-refractivity contribution in [1.29, 1.82) is 0 Å². The minimum absolute atomic E-state index is 0.586. The van der Waals surface area contributed by atoms with Crippen LogP contribution in [0.5, 0.6) is 0 Å². The van der Waals surface area contributed by atoms with Crippen molar-refractivity contribution in [2.75, 3.05) is 0 Å². The van der Waals surface area contributed by atoms with Crippen LogP contribution in [0.1, 0.15) is 38.6 Å². The van der Waals surface area contributed by atoms with Crippen molar-refractivity contribution >= 4 is 5.97 Å². The maximum absolute atomic E-state index is 10.7. The molecule has 1 unspecified atom stereocenters. The van der Waals surface area contributed by atoms with E-state index in [1.54, 1.807) is 11.5 Å². The third kappa shape index (κ3) is 2.31. The number of aliphatic carboxylic acids is 1. The van der Waals surface area contributed by atoms with Crippen molar-refractivity contribution < 1.29 is 9.90 Å². The Morgan fingerprint density at radius 1 is 1.71 bits per heavy atom. The summed E-state index contributed by atoms with van der Waals surface area (Å²) in [6.45, 7) is 3.71. The van der Waals surface area contributed by atoms with E-state index in [0.29, 0.717) is 0 Å². The monoisotopic (exact) mass is 197 g/mol. The number of carboxylic acid groups (broad SMARTS) is 1. The number of unbranched alkanes of at least 4 members (excludes halogenated alkanes) is 1. The lowest BCUT2D eigenvalue weighted by molar-refractivity contribution is -0.140. The molecule has 1 N–H and O–H groups in total. The van der Waals surface area contributed by atoms with Crippen molar-refractivity contribution in [3.63, 3.8) is 0 Å². The van der Waals surface area contributed by atoms with E-state index < -0.39 is 12.0 Å². The van der Waals surface area contributed by atoms with Crippen LogP contribution in [0.15, 0.2) is 6.33 Å². The van der Waals surface area contributed by atoms with Gasteiger partial charge in [0.05, 0.1) is 0 Å². The Morgan fingerprint density at radius 2 is 2.43 bits per heavy atom. The molecule has 0 saturated heterocycles. The molecule has 1 atom stereocenters. The maximum Gasteiger partial charge on any atom is 0.326 e. The lowest BCUT2D eigenvalue weighted by Gasteiger charge is -2.09. The largest absolute Gasteiger partial charge is 0.480 e. The lowest BCUT2D eigenvalue weighted by atomic mass is 10.2. The molecule has 5 nitrogen and oxygen atoms in total. The van der Waals surface area contributed by atoms with E-state index in [1.807, 2.05) is 0 Å². The summed E-state index contributed by atoms with van der Waals surface area (Å²) < 4.78 is 1.61. The number of aryl methyl sites for hydroxylation is 1. The van der Waals surface area contributed by atoms with Crippen LogP contribution in [0, 0.1) is 0 Å². The molecule has 78 valence electrons. The lowest BCUT2D eigenvalue weighted by Crippen LogP contribution is -2.17. The van der Waals surface area contributed by atoms with Crippen molar-refractivity contribution in [3.8, 4) is 0 Å². The fraction of sp³-hybridized carbons (Fsp3) is 0.667. The number of hydrogen-bond donors (Lipinski definition) is 1. The van der Waals surface area contributed by atoms with Crippen LogP contribution in [0.4, 0.5) is 0 Å². The molecule has 1 heterocycles.